The fraction of sp³-hybridized carbons (Fsp3) is 0.391. The van der Waals surface area contributed by atoms with Gasteiger partial charge in [0, 0.05) is 10.3 Å². The maximum absolute atomic E-state index is 12.4. The van der Waals surface area contributed by atoms with Gasteiger partial charge in [0.1, 0.15) is 18.2 Å². The standard InChI is InChI=1S/C23H26INO4/c1-23(2,3)29-21(26)20(12-13-24)25-22(27)28-14-19-17-10-6-4-8-15(17)16-9-5-7-11-18(16)19/h4-11,19-20H,12-14H2,1-3H3,(H,25,27)/t20-/m0/s1. The molecule has 0 fully saturated rings. The number of benzene rings is 2. The molecule has 2 aromatic rings. The summed E-state index contributed by atoms with van der Waals surface area (Å²) in [5.74, 6) is -0.458. The number of halogens is 1. The molecular formula is C23H26INO4. The average Bonchev–Trinajstić information content (AvgIpc) is 2.99. The molecule has 0 aromatic heterocycles. The molecule has 1 aliphatic rings. The van der Waals surface area contributed by atoms with Crippen molar-refractivity contribution in [1.29, 1.82) is 0 Å². The van der Waals surface area contributed by atoms with E-state index in [1.807, 2.05) is 24.3 Å². The van der Waals surface area contributed by atoms with Crippen LogP contribution >= 0.6 is 22.6 Å². The minimum absolute atomic E-state index is 0.0160. The third-order valence-electron chi connectivity index (χ3n) is 4.72. The van der Waals surface area contributed by atoms with Gasteiger partial charge in [-0.25, -0.2) is 9.59 Å². The highest BCUT2D eigenvalue weighted by atomic mass is 127. The number of hydrogen-bond acceptors (Lipinski definition) is 4. The predicted molar refractivity (Wildman–Crippen MR) is 121 cm³/mol. The van der Waals surface area contributed by atoms with Crippen LogP contribution in [-0.4, -0.2) is 34.7 Å². The Morgan fingerprint density at radius 1 is 1.03 bits per heavy atom. The fourth-order valence-corrected chi connectivity index (χ4v) is 4.14. The van der Waals surface area contributed by atoms with Gasteiger partial charge in [0.2, 0.25) is 0 Å². The first-order valence-corrected chi connectivity index (χ1v) is 11.2. The van der Waals surface area contributed by atoms with Gasteiger partial charge in [-0.1, -0.05) is 71.1 Å². The number of nitrogens with one attached hydrogen (secondary N) is 1. The number of ether oxygens (including phenoxy) is 2. The van der Waals surface area contributed by atoms with Gasteiger partial charge in [-0.05, 0) is 49.4 Å². The van der Waals surface area contributed by atoms with Crippen LogP contribution in [-0.2, 0) is 14.3 Å². The van der Waals surface area contributed by atoms with Crippen LogP contribution in [0.2, 0.25) is 0 Å². The second kappa shape index (κ2) is 9.15. The molecule has 3 rings (SSSR count). The summed E-state index contributed by atoms with van der Waals surface area (Å²) in [4.78, 5) is 24.8. The van der Waals surface area contributed by atoms with Crippen molar-refractivity contribution < 1.29 is 19.1 Å². The van der Waals surface area contributed by atoms with Crippen LogP contribution in [0.1, 0.15) is 44.2 Å². The lowest BCUT2D eigenvalue weighted by Gasteiger charge is -2.24. The van der Waals surface area contributed by atoms with E-state index in [2.05, 4.69) is 52.2 Å². The van der Waals surface area contributed by atoms with Crippen molar-refractivity contribution in [3.8, 4) is 11.1 Å². The number of amides is 1. The van der Waals surface area contributed by atoms with E-state index < -0.39 is 23.7 Å². The average molecular weight is 507 g/mol. The van der Waals surface area contributed by atoms with Crippen molar-refractivity contribution in [3.63, 3.8) is 0 Å². The highest BCUT2D eigenvalue weighted by Gasteiger charge is 2.30. The largest absolute Gasteiger partial charge is 0.458 e. The Morgan fingerprint density at radius 2 is 1.59 bits per heavy atom. The molecule has 6 heteroatoms. The van der Waals surface area contributed by atoms with Gasteiger partial charge in [0.25, 0.3) is 0 Å². The molecule has 29 heavy (non-hydrogen) atoms. The molecule has 0 aliphatic heterocycles. The molecule has 154 valence electrons. The van der Waals surface area contributed by atoms with Gasteiger partial charge >= 0.3 is 12.1 Å². The van der Waals surface area contributed by atoms with E-state index in [1.165, 1.54) is 11.1 Å². The van der Waals surface area contributed by atoms with E-state index in [9.17, 15) is 9.59 Å². The van der Waals surface area contributed by atoms with Crippen molar-refractivity contribution in [2.24, 2.45) is 0 Å². The predicted octanol–water partition coefficient (Wildman–Crippen LogP) is 5.06. The molecule has 0 bridgehead atoms. The summed E-state index contributed by atoms with van der Waals surface area (Å²) in [5, 5.41) is 2.67. The van der Waals surface area contributed by atoms with Gasteiger partial charge in [-0.3, -0.25) is 0 Å². The fourth-order valence-electron chi connectivity index (χ4n) is 3.51. The van der Waals surface area contributed by atoms with Crippen LogP contribution in [0.5, 0.6) is 0 Å². The van der Waals surface area contributed by atoms with Crippen molar-refractivity contribution >= 4 is 34.7 Å². The Morgan fingerprint density at radius 3 is 2.10 bits per heavy atom. The van der Waals surface area contributed by atoms with Gasteiger partial charge in [0.05, 0.1) is 0 Å². The minimum atomic E-state index is -0.721. The molecule has 0 saturated carbocycles. The summed E-state index contributed by atoms with van der Waals surface area (Å²) in [7, 11) is 0. The van der Waals surface area contributed by atoms with Crippen molar-refractivity contribution in [3.05, 3.63) is 59.7 Å². The lowest BCUT2D eigenvalue weighted by molar-refractivity contribution is -0.157. The number of rotatable bonds is 6. The Bertz CT molecular complexity index is 845. The molecule has 1 atom stereocenters. The van der Waals surface area contributed by atoms with E-state index >= 15 is 0 Å². The minimum Gasteiger partial charge on any atom is -0.458 e. The number of esters is 1. The molecule has 5 nitrogen and oxygen atoms in total. The number of hydrogen-bond donors (Lipinski definition) is 1. The lowest BCUT2D eigenvalue weighted by Crippen LogP contribution is -2.44. The molecule has 0 unspecified atom stereocenters. The first-order chi connectivity index (χ1) is 13.8. The van der Waals surface area contributed by atoms with Crippen LogP contribution in [0.25, 0.3) is 11.1 Å². The maximum atomic E-state index is 12.4. The zero-order chi connectivity index (χ0) is 21.0. The number of alkyl carbamates (subject to hydrolysis) is 1. The highest BCUT2D eigenvalue weighted by molar-refractivity contribution is 14.1. The van der Waals surface area contributed by atoms with Crippen LogP contribution < -0.4 is 5.32 Å². The molecule has 1 aliphatic carbocycles. The van der Waals surface area contributed by atoms with E-state index in [4.69, 9.17) is 9.47 Å². The monoisotopic (exact) mass is 507 g/mol. The Balaban J connectivity index is 1.66. The van der Waals surface area contributed by atoms with E-state index in [1.54, 1.807) is 20.8 Å². The van der Waals surface area contributed by atoms with Crippen LogP contribution in [0, 0.1) is 0 Å². The summed E-state index contributed by atoms with van der Waals surface area (Å²) >= 11 is 2.17. The van der Waals surface area contributed by atoms with E-state index in [0.717, 1.165) is 11.1 Å². The molecule has 1 N–H and O–H groups in total. The number of carbonyl (C=O) groups excluding carboxylic acids is 2. The quantitative estimate of drug-likeness (QED) is 0.337. The molecule has 0 saturated heterocycles. The van der Waals surface area contributed by atoms with Gasteiger partial charge in [0.15, 0.2) is 0 Å². The van der Waals surface area contributed by atoms with Crippen LogP contribution in [0.4, 0.5) is 4.79 Å². The lowest BCUT2D eigenvalue weighted by atomic mass is 9.98. The second-order valence-corrected chi connectivity index (χ2v) is 9.11. The third-order valence-corrected chi connectivity index (χ3v) is 5.35. The third kappa shape index (κ3) is 5.29. The Kier molecular flexibility index (Phi) is 6.82. The first-order valence-electron chi connectivity index (χ1n) is 9.70. The Hall–Kier alpha value is -2.09. The van der Waals surface area contributed by atoms with E-state index in [0.29, 0.717) is 10.8 Å². The van der Waals surface area contributed by atoms with Crippen molar-refractivity contribution in [2.75, 3.05) is 11.0 Å². The molecule has 0 spiro atoms. The second-order valence-electron chi connectivity index (χ2n) is 8.03. The van der Waals surface area contributed by atoms with E-state index in [-0.39, 0.29) is 12.5 Å². The molecule has 2 aromatic carbocycles. The first kappa shape index (κ1) is 21.6. The highest BCUT2D eigenvalue weighted by Crippen LogP contribution is 2.44. The number of carbonyl (C=O) groups is 2. The van der Waals surface area contributed by atoms with Gasteiger partial charge < -0.3 is 14.8 Å². The van der Waals surface area contributed by atoms with Crippen molar-refractivity contribution in [2.45, 2.75) is 44.8 Å². The SMILES string of the molecule is CC(C)(C)OC(=O)[C@H](CCI)NC(=O)OCC1c2ccccc2-c2ccccc21. The van der Waals surface area contributed by atoms with Crippen molar-refractivity contribution in [1.82, 2.24) is 5.32 Å². The Labute approximate surface area is 185 Å². The summed E-state index contributed by atoms with van der Waals surface area (Å²) in [6.07, 6.45) is -0.118. The van der Waals surface area contributed by atoms with Gasteiger partial charge in [-0.15, -0.1) is 0 Å². The smallest absolute Gasteiger partial charge is 0.407 e. The normalized spacial score (nSPS) is 13.9. The molecule has 0 heterocycles. The summed E-state index contributed by atoms with van der Waals surface area (Å²) in [6, 6.07) is 15.6. The molecule has 0 radical (unpaired) electrons. The summed E-state index contributed by atoms with van der Waals surface area (Å²) in [5.41, 5.74) is 4.04. The number of alkyl halides is 1. The molecule has 1 amide bonds. The molecular weight excluding hydrogens is 481 g/mol. The number of fused-ring (bicyclic) bond motifs is 3. The van der Waals surface area contributed by atoms with Crippen LogP contribution in [0.15, 0.2) is 48.5 Å². The zero-order valence-electron chi connectivity index (χ0n) is 16.9. The van der Waals surface area contributed by atoms with Gasteiger partial charge in [-0.2, -0.15) is 0 Å². The maximum Gasteiger partial charge on any atom is 0.407 e. The van der Waals surface area contributed by atoms with Crippen LogP contribution in [0.3, 0.4) is 0 Å². The summed E-state index contributed by atoms with van der Waals surface area (Å²) in [6.45, 7) is 5.63. The summed E-state index contributed by atoms with van der Waals surface area (Å²) < 4.78 is 11.7. The zero-order valence-corrected chi connectivity index (χ0v) is 19.1. The topological polar surface area (TPSA) is 64.6 Å².